The van der Waals surface area contributed by atoms with E-state index in [2.05, 4.69) is 6.42 Å². The normalized spacial score (nSPS) is 9.55. The van der Waals surface area contributed by atoms with Gasteiger partial charge in [-0.05, 0) is 6.42 Å². The van der Waals surface area contributed by atoms with Crippen molar-refractivity contribution in [1.82, 2.24) is 0 Å². The molecule has 1 nitrogen and oxygen atoms in total. The number of carbonyl (C=O) groups excluding carboxylic acids is 1. The first-order valence-electron chi connectivity index (χ1n) is 3.57. The van der Waals surface area contributed by atoms with Crippen LogP contribution in [0.4, 0.5) is 0 Å². The minimum atomic E-state index is 0.133. The van der Waals surface area contributed by atoms with Crippen molar-refractivity contribution in [3.05, 3.63) is 42.3 Å². The van der Waals surface area contributed by atoms with E-state index < -0.39 is 0 Å². The van der Waals surface area contributed by atoms with Gasteiger partial charge < -0.3 is 0 Å². The van der Waals surface area contributed by atoms with Gasteiger partial charge in [-0.25, -0.2) is 0 Å². The Morgan fingerprint density at radius 1 is 1.36 bits per heavy atom. The molecule has 0 saturated heterocycles. The van der Waals surface area contributed by atoms with Crippen molar-refractivity contribution in [2.75, 3.05) is 0 Å². The first kappa shape index (κ1) is 7.99. The van der Waals surface area contributed by atoms with Crippen LogP contribution in [-0.2, 0) is 0 Å². The van der Waals surface area contributed by atoms with E-state index in [1.807, 2.05) is 30.3 Å². The second kappa shape index (κ2) is 3.91. The highest BCUT2D eigenvalue weighted by atomic mass is 16.1. The quantitative estimate of drug-likeness (QED) is 0.598. The van der Waals surface area contributed by atoms with Crippen molar-refractivity contribution >= 4 is 5.78 Å². The third kappa shape index (κ3) is 2.19. The minimum Gasteiger partial charge on any atom is -0.294 e. The molecule has 0 N–H and O–H groups in total. The van der Waals surface area contributed by atoms with Gasteiger partial charge in [0.25, 0.3) is 0 Å². The zero-order chi connectivity index (χ0) is 8.10. The Balaban J connectivity index is 2.69. The average Bonchev–Trinajstić information content (AvgIpc) is 2.07. The topological polar surface area (TPSA) is 17.1 Å². The lowest BCUT2D eigenvalue weighted by Gasteiger charge is -1.95. The van der Waals surface area contributed by atoms with Crippen molar-refractivity contribution < 1.29 is 4.79 Å². The zero-order valence-corrected chi connectivity index (χ0v) is 6.50. The molecule has 1 aromatic rings. The Hall–Kier alpha value is -1.11. The molecule has 0 aliphatic rings. The second-order valence-electron chi connectivity index (χ2n) is 2.32. The minimum absolute atomic E-state index is 0.133. The molecule has 0 heterocycles. The first-order chi connectivity index (χ1) is 5.34. The third-order valence-corrected chi connectivity index (χ3v) is 1.43. The maximum absolute atomic E-state index is 11.2. The molecule has 56 valence electrons. The van der Waals surface area contributed by atoms with E-state index >= 15 is 0 Å². The molecule has 0 atom stereocenters. The fourth-order valence-corrected chi connectivity index (χ4v) is 0.887. The Morgan fingerprint density at radius 2 is 2.00 bits per heavy atom. The summed E-state index contributed by atoms with van der Waals surface area (Å²) in [5, 5.41) is 0. The van der Waals surface area contributed by atoms with Gasteiger partial charge in [0.1, 0.15) is 0 Å². The highest BCUT2D eigenvalue weighted by Crippen LogP contribution is 2.03. The SMILES string of the molecule is C[C]CC(=O)c1ccccc1. The Labute approximate surface area is 67.1 Å². The number of hydrogen-bond donors (Lipinski definition) is 0. The molecule has 0 aliphatic heterocycles. The molecule has 11 heavy (non-hydrogen) atoms. The van der Waals surface area contributed by atoms with Crippen LogP contribution >= 0.6 is 0 Å². The highest BCUT2D eigenvalue weighted by Gasteiger charge is 2.01. The summed E-state index contributed by atoms with van der Waals surface area (Å²) in [6.45, 7) is 1.76. The van der Waals surface area contributed by atoms with Crippen molar-refractivity contribution in [2.45, 2.75) is 13.3 Å². The molecule has 0 unspecified atom stereocenters. The van der Waals surface area contributed by atoms with Crippen molar-refractivity contribution in [2.24, 2.45) is 0 Å². The van der Waals surface area contributed by atoms with Crippen LogP contribution in [0.5, 0.6) is 0 Å². The van der Waals surface area contributed by atoms with Crippen LogP contribution in [0.2, 0.25) is 0 Å². The fraction of sp³-hybridized carbons (Fsp3) is 0.200. The molecule has 1 heteroatoms. The van der Waals surface area contributed by atoms with Crippen LogP contribution in [0.1, 0.15) is 23.7 Å². The van der Waals surface area contributed by atoms with Gasteiger partial charge in [-0.15, -0.1) is 0 Å². The summed E-state index contributed by atoms with van der Waals surface area (Å²) in [7, 11) is 0. The van der Waals surface area contributed by atoms with Gasteiger partial charge >= 0.3 is 0 Å². The van der Waals surface area contributed by atoms with E-state index in [1.54, 1.807) is 6.92 Å². The maximum Gasteiger partial charge on any atom is 0.163 e. The summed E-state index contributed by atoms with van der Waals surface area (Å²) in [5.41, 5.74) is 0.766. The lowest BCUT2D eigenvalue weighted by Crippen LogP contribution is -1.96. The summed E-state index contributed by atoms with van der Waals surface area (Å²) in [5.74, 6) is 0.133. The highest BCUT2D eigenvalue weighted by molar-refractivity contribution is 5.96. The number of benzene rings is 1. The molecule has 0 spiro atoms. The molecular weight excluding hydrogens is 136 g/mol. The first-order valence-corrected chi connectivity index (χ1v) is 3.57. The lowest BCUT2D eigenvalue weighted by atomic mass is 10.1. The smallest absolute Gasteiger partial charge is 0.163 e. The summed E-state index contributed by atoms with van der Waals surface area (Å²) in [6.07, 6.45) is 3.22. The van der Waals surface area contributed by atoms with Gasteiger partial charge in [0.15, 0.2) is 5.78 Å². The van der Waals surface area contributed by atoms with Gasteiger partial charge in [-0.2, -0.15) is 0 Å². The monoisotopic (exact) mass is 146 g/mol. The summed E-state index contributed by atoms with van der Waals surface area (Å²) in [6, 6.07) is 9.27. The van der Waals surface area contributed by atoms with Gasteiger partial charge in [0.05, 0.1) is 0 Å². The molecule has 0 bridgehead atoms. The van der Waals surface area contributed by atoms with Crippen molar-refractivity contribution in [1.29, 1.82) is 0 Å². The van der Waals surface area contributed by atoms with Crippen LogP contribution in [-0.4, -0.2) is 5.78 Å². The van der Waals surface area contributed by atoms with E-state index in [1.165, 1.54) is 0 Å². The molecule has 1 rings (SSSR count). The molecule has 0 aliphatic carbocycles. The average molecular weight is 146 g/mol. The van der Waals surface area contributed by atoms with Crippen LogP contribution < -0.4 is 0 Å². The van der Waals surface area contributed by atoms with Crippen LogP contribution in [0.25, 0.3) is 0 Å². The van der Waals surface area contributed by atoms with Crippen LogP contribution in [0.3, 0.4) is 0 Å². The standard InChI is InChI=1S/C10H10O/c1-2-6-10(11)9-7-4-3-5-8-9/h3-5,7-8H,6H2,1H3. The molecule has 2 radical (unpaired) electrons. The van der Waals surface area contributed by atoms with E-state index in [-0.39, 0.29) is 5.78 Å². The third-order valence-electron chi connectivity index (χ3n) is 1.43. The predicted molar refractivity (Wildman–Crippen MR) is 44.3 cm³/mol. The largest absolute Gasteiger partial charge is 0.294 e. The number of hydrogen-bond acceptors (Lipinski definition) is 1. The fourth-order valence-electron chi connectivity index (χ4n) is 0.887. The molecule has 0 aromatic heterocycles. The number of rotatable bonds is 3. The molecule has 0 amide bonds. The number of ketones is 1. The molecule has 0 fully saturated rings. The zero-order valence-electron chi connectivity index (χ0n) is 6.50. The Morgan fingerprint density at radius 3 is 2.55 bits per heavy atom. The summed E-state index contributed by atoms with van der Waals surface area (Å²) >= 11 is 0. The van der Waals surface area contributed by atoms with E-state index in [0.29, 0.717) is 6.42 Å². The molecule has 1 aromatic carbocycles. The van der Waals surface area contributed by atoms with E-state index in [0.717, 1.165) is 5.56 Å². The van der Waals surface area contributed by atoms with Gasteiger partial charge in [-0.1, -0.05) is 37.3 Å². The second-order valence-corrected chi connectivity index (χ2v) is 2.32. The van der Waals surface area contributed by atoms with Crippen LogP contribution in [0.15, 0.2) is 30.3 Å². The number of Topliss-reactive ketones (excluding diaryl/α,β-unsaturated/α-hetero) is 1. The van der Waals surface area contributed by atoms with Crippen LogP contribution in [0, 0.1) is 6.42 Å². The van der Waals surface area contributed by atoms with Gasteiger partial charge in [-0.3, -0.25) is 4.79 Å². The molecule has 0 saturated carbocycles. The molecular formula is C10H10O. The Kier molecular flexibility index (Phi) is 2.84. The van der Waals surface area contributed by atoms with Gasteiger partial charge in [0, 0.05) is 12.0 Å². The summed E-state index contributed by atoms with van der Waals surface area (Å²) in [4.78, 5) is 11.2. The van der Waals surface area contributed by atoms with Crippen molar-refractivity contribution in [3.63, 3.8) is 0 Å². The van der Waals surface area contributed by atoms with E-state index in [4.69, 9.17) is 0 Å². The van der Waals surface area contributed by atoms with E-state index in [9.17, 15) is 4.79 Å². The maximum atomic E-state index is 11.2. The Bertz CT molecular complexity index is 226. The number of carbonyl (C=O) groups is 1. The van der Waals surface area contributed by atoms with Gasteiger partial charge in [0.2, 0.25) is 0 Å². The van der Waals surface area contributed by atoms with Crippen molar-refractivity contribution in [3.8, 4) is 0 Å². The predicted octanol–water partition coefficient (Wildman–Crippen LogP) is 2.36. The lowest BCUT2D eigenvalue weighted by molar-refractivity contribution is 0.0992. The summed E-state index contributed by atoms with van der Waals surface area (Å²) < 4.78 is 0.